The third-order valence-electron chi connectivity index (χ3n) is 8.64. The molecule has 7 aromatic rings. The molecule has 1 aliphatic rings. The van der Waals surface area contributed by atoms with Gasteiger partial charge in [0.25, 0.3) is 0 Å². The summed E-state index contributed by atoms with van der Waals surface area (Å²) in [5, 5.41) is 2.48. The molecule has 0 amide bonds. The van der Waals surface area contributed by atoms with Gasteiger partial charge in [-0.15, -0.1) is 0 Å². The number of fused-ring (bicyclic) bond motifs is 5. The summed E-state index contributed by atoms with van der Waals surface area (Å²) < 4.78 is 0. The van der Waals surface area contributed by atoms with Crippen LogP contribution < -0.4 is 0 Å². The molecule has 1 aliphatic carbocycles. The van der Waals surface area contributed by atoms with Crippen molar-refractivity contribution in [1.82, 2.24) is 19.9 Å². The van der Waals surface area contributed by atoms with Gasteiger partial charge in [0.1, 0.15) is 0 Å². The van der Waals surface area contributed by atoms with Crippen molar-refractivity contribution in [2.24, 2.45) is 0 Å². The number of hydrogen-bond acceptors (Lipinski definition) is 4. The maximum absolute atomic E-state index is 5.15. The predicted octanol–water partition coefficient (Wildman–Crippen LogP) is 9.39. The van der Waals surface area contributed by atoms with Gasteiger partial charge in [0.15, 0.2) is 17.5 Å². The molecule has 5 aromatic carbocycles. The van der Waals surface area contributed by atoms with Crippen LogP contribution in [-0.4, -0.2) is 19.9 Å². The van der Waals surface area contributed by atoms with E-state index in [4.69, 9.17) is 15.0 Å². The lowest BCUT2D eigenvalue weighted by Gasteiger charge is -2.21. The van der Waals surface area contributed by atoms with Crippen LogP contribution >= 0.6 is 0 Å². The van der Waals surface area contributed by atoms with Gasteiger partial charge in [-0.2, -0.15) is 0 Å². The fraction of sp³-hybridized carbons (Fsp3) is 0.0769. The first-order chi connectivity index (χ1) is 21.1. The minimum Gasteiger partial charge on any atom is -0.264 e. The minimum absolute atomic E-state index is 0.148. The van der Waals surface area contributed by atoms with Crippen molar-refractivity contribution in [2.75, 3.05) is 0 Å². The fourth-order valence-electron chi connectivity index (χ4n) is 6.42. The molecule has 0 aliphatic heterocycles. The van der Waals surface area contributed by atoms with Gasteiger partial charge in [-0.1, -0.05) is 129 Å². The molecule has 2 aromatic heterocycles. The average molecular weight is 553 g/mol. The number of aromatic nitrogens is 4. The highest BCUT2D eigenvalue weighted by atomic mass is 15.0. The molecule has 43 heavy (non-hydrogen) atoms. The van der Waals surface area contributed by atoms with E-state index in [1.807, 2.05) is 30.5 Å². The third kappa shape index (κ3) is 4.14. The van der Waals surface area contributed by atoms with E-state index in [2.05, 4.69) is 116 Å². The van der Waals surface area contributed by atoms with Crippen LogP contribution in [0.4, 0.5) is 0 Å². The van der Waals surface area contributed by atoms with Crippen LogP contribution in [0.15, 0.2) is 134 Å². The molecule has 0 bridgehead atoms. The van der Waals surface area contributed by atoms with Gasteiger partial charge >= 0.3 is 0 Å². The molecule has 8 rings (SSSR count). The lowest BCUT2D eigenvalue weighted by atomic mass is 9.82. The van der Waals surface area contributed by atoms with Gasteiger partial charge < -0.3 is 0 Å². The molecule has 204 valence electrons. The molecule has 0 N–H and O–H groups in total. The number of rotatable bonds is 4. The smallest absolute Gasteiger partial charge is 0.164 e. The van der Waals surface area contributed by atoms with E-state index in [0.717, 1.165) is 27.8 Å². The Morgan fingerprint density at radius 3 is 1.88 bits per heavy atom. The van der Waals surface area contributed by atoms with Gasteiger partial charge in [-0.25, -0.2) is 15.0 Å². The molecule has 0 radical (unpaired) electrons. The molecular weight excluding hydrogens is 524 g/mol. The Morgan fingerprint density at radius 2 is 1.12 bits per heavy atom. The summed E-state index contributed by atoms with van der Waals surface area (Å²) in [5.41, 5.74) is 10.0. The molecule has 0 spiro atoms. The fourth-order valence-corrected chi connectivity index (χ4v) is 6.42. The first kappa shape index (κ1) is 25.2. The molecular formula is C39H28N4. The molecule has 2 heterocycles. The Balaban J connectivity index is 1.35. The molecule has 4 heteroatoms. The molecule has 0 saturated heterocycles. The van der Waals surface area contributed by atoms with Crippen LogP contribution in [0, 0.1) is 0 Å². The summed E-state index contributed by atoms with van der Waals surface area (Å²) in [5.74, 6) is 1.98. The Labute approximate surface area is 250 Å². The summed E-state index contributed by atoms with van der Waals surface area (Å²) >= 11 is 0. The Bertz CT molecular complexity index is 2130. The molecule has 0 saturated carbocycles. The van der Waals surface area contributed by atoms with Crippen LogP contribution in [-0.2, 0) is 5.41 Å². The Kier molecular flexibility index (Phi) is 5.76. The van der Waals surface area contributed by atoms with E-state index in [9.17, 15) is 0 Å². The van der Waals surface area contributed by atoms with E-state index >= 15 is 0 Å². The van der Waals surface area contributed by atoms with E-state index < -0.39 is 0 Å². The normalized spacial score (nSPS) is 13.1. The molecule has 0 atom stereocenters. The zero-order valence-corrected chi connectivity index (χ0v) is 24.0. The van der Waals surface area contributed by atoms with Gasteiger partial charge in [0, 0.05) is 34.5 Å². The Hall–Kier alpha value is -5.48. The largest absolute Gasteiger partial charge is 0.264 e. The van der Waals surface area contributed by atoms with Crippen molar-refractivity contribution >= 4 is 10.8 Å². The molecule has 0 fully saturated rings. The molecule has 0 unspecified atom stereocenters. The highest BCUT2D eigenvalue weighted by Crippen LogP contribution is 2.54. The number of hydrogen-bond donors (Lipinski definition) is 0. The van der Waals surface area contributed by atoms with Gasteiger partial charge in [-0.3, -0.25) is 4.98 Å². The highest BCUT2D eigenvalue weighted by Gasteiger charge is 2.38. The van der Waals surface area contributed by atoms with Gasteiger partial charge in [0.2, 0.25) is 0 Å². The van der Waals surface area contributed by atoms with Crippen molar-refractivity contribution in [3.05, 3.63) is 145 Å². The predicted molar refractivity (Wildman–Crippen MR) is 174 cm³/mol. The minimum atomic E-state index is -0.148. The second-order valence-electron chi connectivity index (χ2n) is 11.6. The van der Waals surface area contributed by atoms with Gasteiger partial charge in [-0.05, 0) is 50.2 Å². The lowest BCUT2D eigenvalue weighted by molar-refractivity contribution is 0.661. The van der Waals surface area contributed by atoms with Crippen LogP contribution in [0.5, 0.6) is 0 Å². The van der Waals surface area contributed by atoms with Crippen LogP contribution in [0.25, 0.3) is 67.2 Å². The number of nitrogens with zero attached hydrogens (tertiary/aromatic N) is 4. The summed E-state index contributed by atoms with van der Waals surface area (Å²) in [6.07, 6.45) is 3.67. The number of benzene rings is 5. The first-order valence-corrected chi connectivity index (χ1v) is 14.6. The van der Waals surface area contributed by atoms with E-state index in [-0.39, 0.29) is 5.41 Å². The SMILES string of the molecule is CC1(C)c2cccc(-c3nc(-c4ccccc4)nc(-c4ccc(-c5cccnc5)cc4)n3)c2-c2c1ccc1ccccc21. The van der Waals surface area contributed by atoms with Crippen molar-refractivity contribution in [3.8, 4) is 56.4 Å². The molecule has 4 nitrogen and oxygen atoms in total. The van der Waals surface area contributed by atoms with Crippen LogP contribution in [0.1, 0.15) is 25.0 Å². The summed E-state index contributed by atoms with van der Waals surface area (Å²) in [7, 11) is 0. The second kappa shape index (κ2) is 9.81. The van der Waals surface area contributed by atoms with Crippen molar-refractivity contribution in [1.29, 1.82) is 0 Å². The zero-order chi connectivity index (χ0) is 29.0. The monoisotopic (exact) mass is 552 g/mol. The summed E-state index contributed by atoms with van der Waals surface area (Å²) in [6, 6.07) is 42.3. The summed E-state index contributed by atoms with van der Waals surface area (Å²) in [4.78, 5) is 19.5. The van der Waals surface area contributed by atoms with Gasteiger partial charge in [0.05, 0.1) is 0 Å². The maximum atomic E-state index is 5.15. The zero-order valence-electron chi connectivity index (χ0n) is 24.0. The maximum Gasteiger partial charge on any atom is 0.164 e. The standard InChI is InChI=1S/C39H28N4/c1-39(2)32-16-8-15-31(35(32)34-30-14-7-6-10-26(30)21-22-33(34)39)38-42-36(27-11-4-3-5-12-27)41-37(43-38)28-19-17-25(18-20-28)29-13-9-23-40-24-29/h3-24H,1-2H3. The van der Waals surface area contributed by atoms with Crippen LogP contribution in [0.3, 0.4) is 0 Å². The topological polar surface area (TPSA) is 51.6 Å². The second-order valence-corrected chi connectivity index (χ2v) is 11.6. The Morgan fingerprint density at radius 1 is 0.465 bits per heavy atom. The summed E-state index contributed by atoms with van der Waals surface area (Å²) in [6.45, 7) is 4.63. The highest BCUT2D eigenvalue weighted by molar-refractivity contribution is 6.06. The average Bonchev–Trinajstić information content (AvgIpc) is 3.32. The third-order valence-corrected chi connectivity index (χ3v) is 8.64. The van der Waals surface area contributed by atoms with Crippen molar-refractivity contribution in [2.45, 2.75) is 19.3 Å². The van der Waals surface area contributed by atoms with E-state index in [1.165, 1.54) is 33.0 Å². The van der Waals surface area contributed by atoms with Crippen molar-refractivity contribution < 1.29 is 0 Å². The lowest BCUT2D eigenvalue weighted by Crippen LogP contribution is -2.14. The van der Waals surface area contributed by atoms with Crippen LogP contribution in [0.2, 0.25) is 0 Å². The van der Waals surface area contributed by atoms with E-state index in [0.29, 0.717) is 17.5 Å². The van der Waals surface area contributed by atoms with E-state index in [1.54, 1.807) is 6.20 Å². The quantitative estimate of drug-likeness (QED) is 0.218. The first-order valence-electron chi connectivity index (χ1n) is 14.6. The van der Waals surface area contributed by atoms with Crippen molar-refractivity contribution in [3.63, 3.8) is 0 Å². The number of pyridine rings is 1.